The molecule has 12 heteroatoms. The average Bonchev–Trinajstić information content (AvgIpc) is 3.00. The molecule has 2 aromatic heterocycles. The molecule has 1 atom stereocenters. The maximum Gasteiger partial charge on any atom is 0.356 e. The van der Waals surface area contributed by atoms with Gasteiger partial charge in [0.1, 0.15) is 11.2 Å². The lowest BCUT2D eigenvalue weighted by Crippen LogP contribution is -2.47. The highest BCUT2D eigenvalue weighted by molar-refractivity contribution is 6.29. The third-order valence-electron chi connectivity index (χ3n) is 7.23. The minimum absolute atomic E-state index is 0.0900. The Hall–Kier alpha value is -4.95. The van der Waals surface area contributed by atoms with Crippen LogP contribution in [0.1, 0.15) is 50.6 Å². The molecule has 1 saturated heterocycles. The van der Waals surface area contributed by atoms with E-state index in [9.17, 15) is 20.0 Å². The number of aromatic carboxylic acids is 1. The van der Waals surface area contributed by atoms with Gasteiger partial charge in [-0.05, 0) is 61.9 Å². The van der Waals surface area contributed by atoms with Crippen LogP contribution in [0.2, 0.25) is 5.15 Å². The molecule has 3 N–H and O–H groups in total. The van der Waals surface area contributed by atoms with E-state index in [4.69, 9.17) is 16.6 Å². The van der Waals surface area contributed by atoms with Crippen molar-refractivity contribution in [1.29, 1.82) is 5.26 Å². The van der Waals surface area contributed by atoms with Crippen LogP contribution in [0.5, 0.6) is 0 Å². The number of benzene rings is 2. The highest BCUT2D eigenvalue weighted by Gasteiger charge is 2.24. The number of carboxylic acid groups (broad SMARTS) is 1. The van der Waals surface area contributed by atoms with Crippen LogP contribution in [0, 0.1) is 18.3 Å². The molecule has 1 amide bonds. The van der Waals surface area contributed by atoms with Gasteiger partial charge in [-0.2, -0.15) is 5.26 Å². The zero-order chi connectivity index (χ0) is 30.0. The second-order valence-corrected chi connectivity index (χ2v) is 10.4. The van der Waals surface area contributed by atoms with E-state index >= 15 is 0 Å². The van der Waals surface area contributed by atoms with Crippen molar-refractivity contribution in [2.75, 3.05) is 48.3 Å². The molecule has 4 aromatic rings. The van der Waals surface area contributed by atoms with E-state index in [1.165, 1.54) is 6.07 Å². The number of carbonyl (C=O) groups excluding carboxylic acids is 1. The van der Waals surface area contributed by atoms with Crippen molar-refractivity contribution < 1.29 is 14.7 Å². The number of nitrogens with one attached hydrogen (secondary N) is 2. The van der Waals surface area contributed by atoms with Crippen LogP contribution in [0.25, 0.3) is 11.0 Å². The van der Waals surface area contributed by atoms with Gasteiger partial charge in [0.15, 0.2) is 17.2 Å². The fourth-order valence-corrected chi connectivity index (χ4v) is 5.27. The molecule has 2 aromatic carbocycles. The molecule has 1 aliphatic rings. The Bertz CT molecular complexity index is 1710. The van der Waals surface area contributed by atoms with Crippen LogP contribution >= 0.6 is 11.6 Å². The Morgan fingerprint density at radius 3 is 2.36 bits per heavy atom. The number of carboxylic acids is 1. The van der Waals surface area contributed by atoms with E-state index < -0.39 is 5.97 Å². The molecular formula is C30H29ClN8O3. The number of fused-ring (bicyclic) bond motifs is 1. The molecule has 5 rings (SSSR count). The molecule has 0 spiro atoms. The summed E-state index contributed by atoms with van der Waals surface area (Å²) in [5.41, 5.74) is 4.97. The average molecular weight is 585 g/mol. The summed E-state index contributed by atoms with van der Waals surface area (Å²) >= 11 is 5.93. The van der Waals surface area contributed by atoms with Crippen molar-refractivity contribution in [3.8, 4) is 6.07 Å². The standard InChI is InChI=1S/C30H29ClN8O3/c1-17-14-21(18(2)34-22-8-9-25(31)36-27(22)30(41)42)26-23(15-17)35-24(16-32)28(37-26)39-12-10-38(11-13-39)20-6-4-19(5-7-20)29(40)33-3/h4-9,14-15,18,34H,10-13H2,1-3H3,(H,33,40)(H,41,42)/t18-/m1/s1. The molecule has 1 fully saturated rings. The summed E-state index contributed by atoms with van der Waals surface area (Å²) in [5, 5.41) is 25.6. The first kappa shape index (κ1) is 28.6. The summed E-state index contributed by atoms with van der Waals surface area (Å²) in [6.45, 7) is 6.49. The second kappa shape index (κ2) is 11.9. The lowest BCUT2D eigenvalue weighted by molar-refractivity contribution is 0.0691. The lowest BCUT2D eigenvalue weighted by Gasteiger charge is -2.37. The maximum absolute atomic E-state index is 11.9. The molecule has 11 nitrogen and oxygen atoms in total. The molecule has 0 aliphatic carbocycles. The number of nitriles is 1. The largest absolute Gasteiger partial charge is 0.476 e. The quantitative estimate of drug-likeness (QED) is 0.267. The van der Waals surface area contributed by atoms with Gasteiger partial charge in [0.2, 0.25) is 0 Å². The smallest absolute Gasteiger partial charge is 0.356 e. The van der Waals surface area contributed by atoms with Gasteiger partial charge in [-0.3, -0.25) is 4.79 Å². The summed E-state index contributed by atoms with van der Waals surface area (Å²) in [4.78, 5) is 41.5. The van der Waals surface area contributed by atoms with Crippen molar-refractivity contribution in [1.82, 2.24) is 20.3 Å². The summed E-state index contributed by atoms with van der Waals surface area (Å²) in [7, 11) is 1.61. The topological polar surface area (TPSA) is 147 Å². The molecule has 3 heterocycles. The van der Waals surface area contributed by atoms with Crippen molar-refractivity contribution >= 4 is 51.7 Å². The molecule has 0 unspecified atom stereocenters. The molecule has 0 saturated carbocycles. The highest BCUT2D eigenvalue weighted by Crippen LogP contribution is 2.31. The van der Waals surface area contributed by atoms with Gasteiger partial charge in [0.05, 0.1) is 22.8 Å². The number of pyridine rings is 1. The fourth-order valence-electron chi connectivity index (χ4n) is 5.12. The number of carbonyl (C=O) groups is 2. The summed E-state index contributed by atoms with van der Waals surface area (Å²) < 4.78 is 0. The minimum Gasteiger partial charge on any atom is -0.476 e. The van der Waals surface area contributed by atoms with E-state index in [2.05, 4.69) is 36.5 Å². The zero-order valence-electron chi connectivity index (χ0n) is 23.3. The van der Waals surface area contributed by atoms with Crippen LogP contribution < -0.4 is 20.4 Å². The molecule has 214 valence electrons. The van der Waals surface area contributed by atoms with Crippen LogP contribution in [0.3, 0.4) is 0 Å². The number of halogens is 1. The first-order valence-corrected chi connectivity index (χ1v) is 13.8. The van der Waals surface area contributed by atoms with Crippen molar-refractivity contribution in [2.45, 2.75) is 19.9 Å². The number of aryl methyl sites for hydroxylation is 1. The van der Waals surface area contributed by atoms with Gasteiger partial charge in [-0.1, -0.05) is 17.7 Å². The van der Waals surface area contributed by atoms with Crippen molar-refractivity contribution in [3.63, 3.8) is 0 Å². The number of hydrogen-bond donors (Lipinski definition) is 3. The number of rotatable bonds is 7. The third-order valence-corrected chi connectivity index (χ3v) is 7.45. The Balaban J connectivity index is 1.43. The van der Waals surface area contributed by atoms with E-state index in [0.717, 1.165) is 16.8 Å². The van der Waals surface area contributed by atoms with Gasteiger partial charge >= 0.3 is 5.97 Å². The fraction of sp³-hybridized carbons (Fsp3) is 0.267. The van der Waals surface area contributed by atoms with E-state index in [0.29, 0.717) is 54.3 Å². The van der Waals surface area contributed by atoms with Crippen LogP contribution in [0.15, 0.2) is 48.5 Å². The lowest BCUT2D eigenvalue weighted by atomic mass is 10.0. The maximum atomic E-state index is 11.9. The van der Waals surface area contributed by atoms with E-state index in [-0.39, 0.29) is 28.5 Å². The van der Waals surface area contributed by atoms with Gasteiger partial charge in [-0.25, -0.2) is 19.7 Å². The number of hydrogen-bond acceptors (Lipinski definition) is 9. The minimum atomic E-state index is -1.19. The van der Waals surface area contributed by atoms with Crippen molar-refractivity contribution in [3.05, 3.63) is 81.8 Å². The Kier molecular flexibility index (Phi) is 8.08. The normalized spacial score (nSPS) is 13.9. The summed E-state index contributed by atoms with van der Waals surface area (Å²) in [5.74, 6) is -0.809. The van der Waals surface area contributed by atoms with E-state index in [1.54, 1.807) is 25.2 Å². The van der Waals surface area contributed by atoms with Gasteiger partial charge in [0, 0.05) is 50.0 Å². The van der Waals surface area contributed by atoms with E-state index in [1.807, 2.05) is 38.1 Å². The van der Waals surface area contributed by atoms with Crippen molar-refractivity contribution in [2.24, 2.45) is 0 Å². The predicted molar refractivity (Wildman–Crippen MR) is 161 cm³/mol. The molecule has 1 aliphatic heterocycles. The number of piperazine rings is 1. The monoisotopic (exact) mass is 584 g/mol. The Morgan fingerprint density at radius 1 is 1.02 bits per heavy atom. The second-order valence-electron chi connectivity index (χ2n) is 10.0. The summed E-state index contributed by atoms with van der Waals surface area (Å²) in [6.07, 6.45) is 0. The highest BCUT2D eigenvalue weighted by atomic mass is 35.5. The van der Waals surface area contributed by atoms with Gasteiger partial charge < -0.3 is 25.5 Å². The first-order valence-electron chi connectivity index (χ1n) is 13.4. The van der Waals surface area contributed by atoms with Crippen LogP contribution in [0.4, 0.5) is 17.2 Å². The van der Waals surface area contributed by atoms with Gasteiger partial charge in [0.25, 0.3) is 5.91 Å². The molecular weight excluding hydrogens is 556 g/mol. The third kappa shape index (κ3) is 5.75. The number of amides is 1. The Morgan fingerprint density at radius 2 is 1.71 bits per heavy atom. The summed E-state index contributed by atoms with van der Waals surface area (Å²) in [6, 6.07) is 16.3. The first-order chi connectivity index (χ1) is 20.2. The van der Waals surface area contributed by atoms with Gasteiger partial charge in [-0.15, -0.1) is 0 Å². The molecule has 0 bridgehead atoms. The SMILES string of the molecule is CNC(=O)c1ccc(N2CCN(c3nc4c([C@@H](C)Nc5ccc(Cl)nc5C(=O)O)cc(C)cc4nc3C#N)CC2)cc1. The molecule has 42 heavy (non-hydrogen) atoms. The van der Waals surface area contributed by atoms with Crippen LogP contribution in [-0.2, 0) is 0 Å². The zero-order valence-corrected chi connectivity index (χ0v) is 24.1. The Labute approximate surface area is 247 Å². The number of anilines is 3. The van der Waals surface area contributed by atoms with Crippen LogP contribution in [-0.4, -0.2) is 65.2 Å². The number of nitrogens with zero attached hydrogens (tertiary/aromatic N) is 6. The molecule has 0 radical (unpaired) electrons. The predicted octanol–water partition coefficient (Wildman–Crippen LogP) is 4.42. The number of aromatic nitrogens is 3.